The number of halogens is 1. The number of benzene rings is 1. The average molecular weight is 325 g/mol. The minimum absolute atomic E-state index is 0.312. The monoisotopic (exact) mass is 324 g/mol. The van der Waals surface area contributed by atoms with Crippen LogP contribution in [-0.2, 0) is 0 Å². The number of nitrogens with one attached hydrogen (secondary N) is 1. The van der Waals surface area contributed by atoms with Gasteiger partial charge in [0.15, 0.2) is 0 Å². The third-order valence-corrected chi connectivity index (χ3v) is 4.29. The Labute approximate surface area is 121 Å². The second-order valence-corrected chi connectivity index (χ2v) is 6.09. The van der Waals surface area contributed by atoms with Crippen LogP contribution in [0.4, 0.5) is 0 Å². The molecule has 18 heavy (non-hydrogen) atoms. The van der Waals surface area contributed by atoms with Gasteiger partial charge in [0.05, 0.1) is 5.69 Å². The molecule has 0 fully saturated rings. The summed E-state index contributed by atoms with van der Waals surface area (Å²) in [5.74, 6) is 0. The Kier molecular flexibility index (Phi) is 4.54. The Morgan fingerprint density at radius 2 is 2.22 bits per heavy atom. The van der Waals surface area contributed by atoms with Crippen molar-refractivity contribution < 1.29 is 0 Å². The van der Waals surface area contributed by atoms with Gasteiger partial charge < -0.3 is 5.32 Å². The van der Waals surface area contributed by atoms with E-state index in [0.717, 1.165) is 21.7 Å². The summed E-state index contributed by atoms with van der Waals surface area (Å²) in [6.07, 6.45) is 0. The van der Waals surface area contributed by atoms with Crippen molar-refractivity contribution in [3.63, 3.8) is 0 Å². The molecule has 0 aliphatic carbocycles. The fourth-order valence-electron chi connectivity index (χ4n) is 1.84. The van der Waals surface area contributed by atoms with E-state index >= 15 is 0 Å². The summed E-state index contributed by atoms with van der Waals surface area (Å²) in [5, 5.41) is 6.62. The SMILES string of the molecule is CCNC(C)c1csc(-c2cc(Br)ccc2C)n1. The zero-order chi connectivity index (χ0) is 13.1. The number of aryl methyl sites for hydroxylation is 1. The van der Waals surface area contributed by atoms with Crippen LogP contribution in [0.2, 0.25) is 0 Å². The predicted molar refractivity (Wildman–Crippen MR) is 82.1 cm³/mol. The van der Waals surface area contributed by atoms with E-state index in [0.29, 0.717) is 6.04 Å². The van der Waals surface area contributed by atoms with E-state index in [1.807, 2.05) is 0 Å². The van der Waals surface area contributed by atoms with E-state index in [1.165, 1.54) is 11.1 Å². The molecule has 0 amide bonds. The van der Waals surface area contributed by atoms with Gasteiger partial charge in [0.1, 0.15) is 5.01 Å². The van der Waals surface area contributed by atoms with Gasteiger partial charge in [-0.25, -0.2) is 4.98 Å². The van der Waals surface area contributed by atoms with Crippen molar-refractivity contribution in [2.24, 2.45) is 0 Å². The highest BCUT2D eigenvalue weighted by atomic mass is 79.9. The van der Waals surface area contributed by atoms with E-state index in [1.54, 1.807) is 11.3 Å². The van der Waals surface area contributed by atoms with Crippen LogP contribution in [0, 0.1) is 6.92 Å². The van der Waals surface area contributed by atoms with E-state index in [-0.39, 0.29) is 0 Å². The number of rotatable bonds is 4. The lowest BCUT2D eigenvalue weighted by atomic mass is 10.1. The fraction of sp³-hybridized carbons (Fsp3) is 0.357. The molecule has 0 spiro atoms. The minimum Gasteiger partial charge on any atom is -0.309 e. The highest BCUT2D eigenvalue weighted by molar-refractivity contribution is 9.10. The molecule has 0 aliphatic heterocycles. The van der Waals surface area contributed by atoms with Crippen molar-refractivity contribution in [3.05, 3.63) is 39.3 Å². The van der Waals surface area contributed by atoms with Gasteiger partial charge in [-0.05, 0) is 38.1 Å². The van der Waals surface area contributed by atoms with E-state index in [4.69, 9.17) is 4.98 Å². The number of aromatic nitrogens is 1. The van der Waals surface area contributed by atoms with Crippen LogP contribution in [0.5, 0.6) is 0 Å². The molecule has 0 saturated heterocycles. The standard InChI is InChI=1S/C14H17BrN2S/c1-4-16-10(3)13-8-18-14(17-13)12-7-11(15)6-5-9(12)2/h5-8,10,16H,4H2,1-3H3. The van der Waals surface area contributed by atoms with Crippen molar-refractivity contribution in [1.82, 2.24) is 10.3 Å². The topological polar surface area (TPSA) is 24.9 Å². The first kappa shape index (κ1) is 13.7. The highest BCUT2D eigenvalue weighted by Gasteiger charge is 2.11. The Balaban J connectivity index is 2.32. The first-order chi connectivity index (χ1) is 8.61. The fourth-order valence-corrected chi connectivity index (χ4v) is 3.20. The van der Waals surface area contributed by atoms with Gasteiger partial charge in [-0.15, -0.1) is 11.3 Å². The molecule has 1 aromatic heterocycles. The highest BCUT2D eigenvalue weighted by Crippen LogP contribution is 2.30. The Morgan fingerprint density at radius 3 is 2.94 bits per heavy atom. The van der Waals surface area contributed by atoms with Crippen LogP contribution in [0.1, 0.15) is 31.1 Å². The van der Waals surface area contributed by atoms with Gasteiger partial charge in [-0.3, -0.25) is 0 Å². The Bertz CT molecular complexity index is 536. The van der Waals surface area contributed by atoms with Crippen LogP contribution in [-0.4, -0.2) is 11.5 Å². The first-order valence-electron chi connectivity index (χ1n) is 6.07. The Hall–Kier alpha value is -0.710. The number of thiazole rings is 1. The normalized spacial score (nSPS) is 12.7. The van der Waals surface area contributed by atoms with Crippen LogP contribution < -0.4 is 5.32 Å². The maximum Gasteiger partial charge on any atom is 0.123 e. The number of nitrogens with zero attached hydrogens (tertiary/aromatic N) is 1. The van der Waals surface area contributed by atoms with Crippen molar-refractivity contribution in [1.29, 1.82) is 0 Å². The van der Waals surface area contributed by atoms with Crippen molar-refractivity contribution in [3.8, 4) is 10.6 Å². The maximum absolute atomic E-state index is 4.74. The molecular formula is C14H17BrN2S. The van der Waals surface area contributed by atoms with Gasteiger partial charge in [0.25, 0.3) is 0 Å². The zero-order valence-corrected chi connectivity index (χ0v) is 13.2. The number of hydrogen-bond acceptors (Lipinski definition) is 3. The predicted octanol–water partition coefficient (Wildman–Crippen LogP) is 4.55. The van der Waals surface area contributed by atoms with Crippen molar-refractivity contribution >= 4 is 27.3 Å². The maximum atomic E-state index is 4.74. The van der Waals surface area contributed by atoms with Gasteiger partial charge >= 0.3 is 0 Å². The molecule has 2 nitrogen and oxygen atoms in total. The van der Waals surface area contributed by atoms with E-state index in [9.17, 15) is 0 Å². The summed E-state index contributed by atoms with van der Waals surface area (Å²) < 4.78 is 1.10. The molecule has 96 valence electrons. The van der Waals surface area contributed by atoms with Crippen LogP contribution in [0.25, 0.3) is 10.6 Å². The first-order valence-corrected chi connectivity index (χ1v) is 7.74. The zero-order valence-electron chi connectivity index (χ0n) is 10.8. The molecule has 2 aromatic rings. The summed E-state index contributed by atoms with van der Waals surface area (Å²) in [5.41, 5.74) is 3.59. The van der Waals surface area contributed by atoms with Gasteiger partial charge in [-0.1, -0.05) is 28.9 Å². The average Bonchev–Trinajstić information content (AvgIpc) is 2.82. The second-order valence-electron chi connectivity index (χ2n) is 4.32. The van der Waals surface area contributed by atoms with Crippen molar-refractivity contribution in [2.45, 2.75) is 26.8 Å². The van der Waals surface area contributed by atoms with Crippen LogP contribution in [0.3, 0.4) is 0 Å². The molecule has 1 N–H and O–H groups in total. The molecule has 1 aromatic carbocycles. The lowest BCUT2D eigenvalue weighted by molar-refractivity contribution is 0.587. The van der Waals surface area contributed by atoms with Gasteiger partial charge in [0.2, 0.25) is 0 Å². The lowest BCUT2D eigenvalue weighted by Gasteiger charge is -2.08. The molecule has 0 aliphatic rings. The number of hydrogen-bond donors (Lipinski definition) is 1. The summed E-state index contributed by atoms with van der Waals surface area (Å²) >= 11 is 5.23. The summed E-state index contributed by atoms with van der Waals surface area (Å²) in [6.45, 7) is 7.35. The van der Waals surface area contributed by atoms with E-state index in [2.05, 4.69) is 65.6 Å². The van der Waals surface area contributed by atoms with Crippen LogP contribution >= 0.6 is 27.3 Å². The third kappa shape index (κ3) is 2.99. The largest absolute Gasteiger partial charge is 0.309 e. The molecule has 0 radical (unpaired) electrons. The van der Waals surface area contributed by atoms with E-state index < -0.39 is 0 Å². The minimum atomic E-state index is 0.312. The van der Waals surface area contributed by atoms with Gasteiger partial charge in [0, 0.05) is 21.5 Å². The smallest absolute Gasteiger partial charge is 0.123 e. The van der Waals surface area contributed by atoms with Crippen LogP contribution in [0.15, 0.2) is 28.1 Å². The molecule has 0 saturated carbocycles. The quantitative estimate of drug-likeness (QED) is 0.892. The summed E-state index contributed by atoms with van der Waals surface area (Å²) in [7, 11) is 0. The molecule has 0 bridgehead atoms. The molecule has 2 rings (SSSR count). The molecule has 1 unspecified atom stereocenters. The second kappa shape index (κ2) is 5.95. The van der Waals surface area contributed by atoms with Gasteiger partial charge in [-0.2, -0.15) is 0 Å². The van der Waals surface area contributed by atoms with Crippen molar-refractivity contribution in [2.75, 3.05) is 6.54 Å². The molecule has 4 heteroatoms. The molecule has 1 atom stereocenters. The Morgan fingerprint density at radius 1 is 1.44 bits per heavy atom. The summed E-state index contributed by atoms with van der Waals surface area (Å²) in [4.78, 5) is 4.74. The summed E-state index contributed by atoms with van der Waals surface area (Å²) in [6, 6.07) is 6.63. The molecule has 1 heterocycles. The third-order valence-electron chi connectivity index (χ3n) is 2.91. The lowest BCUT2D eigenvalue weighted by Crippen LogP contribution is -2.17. The molecular weight excluding hydrogens is 308 g/mol.